The molecule has 0 fully saturated rings. The predicted octanol–water partition coefficient (Wildman–Crippen LogP) is 3.42. The van der Waals surface area contributed by atoms with Crippen LogP contribution in [0.1, 0.15) is 11.3 Å². The van der Waals surface area contributed by atoms with Crippen LogP contribution in [-0.4, -0.2) is 12.1 Å². The van der Waals surface area contributed by atoms with Gasteiger partial charge in [-0.15, -0.1) is 0 Å². The van der Waals surface area contributed by atoms with Gasteiger partial charge in [-0.3, -0.25) is 0 Å². The Labute approximate surface area is 110 Å². The lowest BCUT2D eigenvalue weighted by Crippen LogP contribution is -1.89. The quantitative estimate of drug-likeness (QED) is 0.844. The Morgan fingerprint density at radius 2 is 2.11 bits per heavy atom. The number of aryl methyl sites for hydroxylation is 1. The molecule has 0 aliphatic heterocycles. The van der Waals surface area contributed by atoms with E-state index in [0.717, 1.165) is 21.4 Å². The summed E-state index contributed by atoms with van der Waals surface area (Å²) in [5.41, 5.74) is 1.49. The fraction of sp³-hybridized carbons (Fsp3) is 0.143. The second-order valence-electron chi connectivity index (χ2n) is 3.70. The molecule has 2 aromatic rings. The second kappa shape index (κ2) is 5.56. The maximum Gasteiger partial charge on any atom is 0.119 e. The van der Waals surface area contributed by atoms with E-state index >= 15 is 0 Å². The third-order valence-corrected chi connectivity index (χ3v) is 3.37. The number of methoxy groups -OCH3 is 1. The van der Waals surface area contributed by atoms with Crippen molar-refractivity contribution < 1.29 is 4.74 Å². The van der Waals surface area contributed by atoms with Crippen LogP contribution in [0.15, 0.2) is 46.3 Å². The topological polar surface area (TPSA) is 45.9 Å². The summed E-state index contributed by atoms with van der Waals surface area (Å²) < 4.78 is 5.17. The van der Waals surface area contributed by atoms with Gasteiger partial charge in [-0.25, -0.2) is 4.98 Å². The van der Waals surface area contributed by atoms with E-state index < -0.39 is 0 Å². The molecule has 0 N–H and O–H groups in total. The van der Waals surface area contributed by atoms with E-state index in [9.17, 15) is 0 Å². The van der Waals surface area contributed by atoms with Gasteiger partial charge in [0.2, 0.25) is 0 Å². The van der Waals surface area contributed by atoms with Crippen molar-refractivity contribution in [3.05, 3.63) is 47.7 Å². The minimum atomic E-state index is 0.591. The Morgan fingerprint density at radius 3 is 2.83 bits per heavy atom. The Balaban J connectivity index is 2.33. The first kappa shape index (κ1) is 12.5. The Kier molecular flexibility index (Phi) is 3.85. The van der Waals surface area contributed by atoms with Crippen LogP contribution in [-0.2, 0) is 0 Å². The van der Waals surface area contributed by atoms with Crippen molar-refractivity contribution in [2.75, 3.05) is 7.11 Å². The van der Waals surface area contributed by atoms with Crippen LogP contribution in [0, 0.1) is 18.3 Å². The molecule has 4 heteroatoms. The molecule has 18 heavy (non-hydrogen) atoms. The van der Waals surface area contributed by atoms with Crippen LogP contribution in [0.5, 0.6) is 5.75 Å². The molecule has 0 bridgehead atoms. The summed E-state index contributed by atoms with van der Waals surface area (Å²) in [5, 5.41) is 9.79. The highest BCUT2D eigenvalue weighted by molar-refractivity contribution is 7.99. The highest BCUT2D eigenvalue weighted by Crippen LogP contribution is 2.30. The fourth-order valence-corrected chi connectivity index (χ4v) is 2.43. The van der Waals surface area contributed by atoms with Gasteiger partial charge in [0.25, 0.3) is 0 Å². The fourth-order valence-electron chi connectivity index (χ4n) is 1.47. The van der Waals surface area contributed by atoms with Crippen molar-refractivity contribution in [2.24, 2.45) is 0 Å². The molecular weight excluding hydrogens is 244 g/mol. The molecule has 0 radical (unpaired) electrons. The third kappa shape index (κ3) is 2.82. The van der Waals surface area contributed by atoms with E-state index in [0.29, 0.717) is 5.56 Å². The molecule has 0 spiro atoms. The number of rotatable bonds is 3. The van der Waals surface area contributed by atoms with Gasteiger partial charge < -0.3 is 4.74 Å². The van der Waals surface area contributed by atoms with E-state index in [1.54, 1.807) is 13.2 Å². The summed E-state index contributed by atoms with van der Waals surface area (Å²) >= 11 is 1.47. The van der Waals surface area contributed by atoms with E-state index in [4.69, 9.17) is 10.00 Å². The Hall–Kier alpha value is -1.99. The van der Waals surface area contributed by atoms with E-state index in [1.807, 2.05) is 37.3 Å². The number of benzene rings is 1. The Morgan fingerprint density at radius 1 is 1.28 bits per heavy atom. The van der Waals surface area contributed by atoms with Gasteiger partial charge in [0.05, 0.1) is 12.7 Å². The maximum absolute atomic E-state index is 9.06. The molecule has 0 atom stereocenters. The largest absolute Gasteiger partial charge is 0.497 e. The number of nitriles is 1. The smallest absolute Gasteiger partial charge is 0.119 e. The molecule has 0 saturated heterocycles. The Bertz CT molecular complexity index is 605. The van der Waals surface area contributed by atoms with Crippen LogP contribution in [0.4, 0.5) is 0 Å². The summed E-state index contributed by atoms with van der Waals surface area (Å²) in [7, 11) is 1.63. The van der Waals surface area contributed by atoms with Crippen molar-refractivity contribution in [1.29, 1.82) is 5.26 Å². The van der Waals surface area contributed by atoms with Gasteiger partial charge in [-0.1, -0.05) is 17.8 Å². The van der Waals surface area contributed by atoms with Crippen LogP contribution in [0.2, 0.25) is 0 Å². The average Bonchev–Trinajstić information content (AvgIpc) is 2.39. The lowest BCUT2D eigenvalue weighted by Gasteiger charge is -2.05. The highest BCUT2D eigenvalue weighted by atomic mass is 32.2. The zero-order valence-electron chi connectivity index (χ0n) is 10.2. The van der Waals surface area contributed by atoms with Gasteiger partial charge in [0.15, 0.2) is 0 Å². The summed E-state index contributed by atoms with van der Waals surface area (Å²) in [6.45, 7) is 1.91. The first-order valence-corrected chi connectivity index (χ1v) is 6.24. The molecule has 0 saturated carbocycles. The predicted molar refractivity (Wildman–Crippen MR) is 70.8 cm³/mol. The maximum atomic E-state index is 9.06. The van der Waals surface area contributed by atoms with Crippen LogP contribution < -0.4 is 4.74 Å². The summed E-state index contributed by atoms with van der Waals surface area (Å²) in [6, 6.07) is 13.5. The standard InChI is InChI=1S/C14H12N2OS/c1-10-6-7-11(9-15)14(16-10)18-13-5-3-4-12(8-13)17-2/h3-8H,1-2H3. The van der Waals surface area contributed by atoms with Gasteiger partial charge in [0, 0.05) is 10.6 Å². The minimum absolute atomic E-state index is 0.591. The number of pyridine rings is 1. The number of hydrogen-bond acceptors (Lipinski definition) is 4. The number of aromatic nitrogens is 1. The highest BCUT2D eigenvalue weighted by Gasteiger charge is 2.07. The average molecular weight is 256 g/mol. The zero-order valence-corrected chi connectivity index (χ0v) is 11.0. The van der Waals surface area contributed by atoms with E-state index in [1.165, 1.54) is 11.8 Å². The van der Waals surface area contributed by atoms with Crippen molar-refractivity contribution in [3.8, 4) is 11.8 Å². The van der Waals surface area contributed by atoms with E-state index in [-0.39, 0.29) is 0 Å². The number of hydrogen-bond donors (Lipinski definition) is 0. The van der Waals surface area contributed by atoms with Gasteiger partial charge in [-0.05, 0) is 37.3 Å². The third-order valence-electron chi connectivity index (χ3n) is 2.38. The van der Waals surface area contributed by atoms with Gasteiger partial charge in [-0.2, -0.15) is 5.26 Å². The van der Waals surface area contributed by atoms with Crippen molar-refractivity contribution in [2.45, 2.75) is 16.8 Å². The first-order valence-electron chi connectivity index (χ1n) is 5.42. The SMILES string of the molecule is COc1cccc(Sc2nc(C)ccc2C#N)c1. The molecular formula is C14H12N2OS. The molecule has 1 aromatic carbocycles. The van der Waals surface area contributed by atoms with Crippen molar-refractivity contribution in [3.63, 3.8) is 0 Å². The molecule has 2 rings (SSSR count). The van der Waals surface area contributed by atoms with Crippen molar-refractivity contribution >= 4 is 11.8 Å². The lowest BCUT2D eigenvalue weighted by molar-refractivity contribution is 0.413. The van der Waals surface area contributed by atoms with Crippen LogP contribution in [0.25, 0.3) is 0 Å². The molecule has 90 valence electrons. The second-order valence-corrected chi connectivity index (χ2v) is 4.76. The molecule has 3 nitrogen and oxygen atoms in total. The zero-order chi connectivity index (χ0) is 13.0. The number of nitrogens with zero attached hydrogens (tertiary/aromatic N) is 2. The molecule has 0 amide bonds. The molecule has 0 unspecified atom stereocenters. The van der Waals surface area contributed by atoms with Crippen molar-refractivity contribution in [1.82, 2.24) is 4.98 Å². The minimum Gasteiger partial charge on any atom is -0.497 e. The molecule has 0 aliphatic carbocycles. The normalized spacial score (nSPS) is 9.83. The van der Waals surface area contributed by atoms with Crippen LogP contribution in [0.3, 0.4) is 0 Å². The molecule has 1 heterocycles. The molecule has 1 aromatic heterocycles. The summed E-state index contributed by atoms with van der Waals surface area (Å²) in [6.07, 6.45) is 0. The van der Waals surface area contributed by atoms with Gasteiger partial charge in [0.1, 0.15) is 16.8 Å². The summed E-state index contributed by atoms with van der Waals surface area (Å²) in [5.74, 6) is 0.797. The monoisotopic (exact) mass is 256 g/mol. The number of ether oxygens (including phenoxy) is 1. The lowest BCUT2D eigenvalue weighted by atomic mass is 10.3. The van der Waals surface area contributed by atoms with E-state index in [2.05, 4.69) is 11.1 Å². The van der Waals surface area contributed by atoms with Gasteiger partial charge >= 0.3 is 0 Å². The summed E-state index contributed by atoms with van der Waals surface area (Å²) in [4.78, 5) is 5.40. The van der Waals surface area contributed by atoms with Crippen LogP contribution >= 0.6 is 11.8 Å². The molecule has 0 aliphatic rings. The first-order chi connectivity index (χ1) is 8.72.